The fourth-order valence-corrected chi connectivity index (χ4v) is 6.13. The van der Waals surface area contributed by atoms with E-state index in [4.69, 9.17) is 0 Å². The third-order valence-electron chi connectivity index (χ3n) is 5.75. The molecule has 2 fully saturated rings. The maximum Gasteiger partial charge on any atom is 0.253 e. The van der Waals surface area contributed by atoms with Crippen molar-refractivity contribution in [3.63, 3.8) is 0 Å². The SMILES string of the molecule is C[C@H]1C[C@H](C)CN(S(=O)(=O)c2cccc(C(=O)N(C)C3CCCC3)c2)C1. The highest BCUT2D eigenvalue weighted by atomic mass is 32.2. The Balaban J connectivity index is 1.83. The molecule has 1 heterocycles. The van der Waals surface area contributed by atoms with Crippen molar-refractivity contribution in [2.75, 3.05) is 20.1 Å². The summed E-state index contributed by atoms with van der Waals surface area (Å²) in [5.41, 5.74) is 0.457. The maximum absolute atomic E-state index is 13.1. The molecule has 1 amide bonds. The van der Waals surface area contributed by atoms with Crippen LogP contribution in [-0.4, -0.2) is 49.7 Å². The molecular formula is C20H30N2O3S. The molecule has 0 spiro atoms. The van der Waals surface area contributed by atoms with Crippen LogP contribution in [0.4, 0.5) is 0 Å². The van der Waals surface area contributed by atoms with Crippen LogP contribution in [0.3, 0.4) is 0 Å². The summed E-state index contributed by atoms with van der Waals surface area (Å²) in [6.07, 6.45) is 5.42. The van der Waals surface area contributed by atoms with Gasteiger partial charge in [-0.25, -0.2) is 8.42 Å². The van der Waals surface area contributed by atoms with E-state index in [9.17, 15) is 13.2 Å². The summed E-state index contributed by atoms with van der Waals surface area (Å²) >= 11 is 0. The number of amides is 1. The fourth-order valence-electron chi connectivity index (χ4n) is 4.40. The van der Waals surface area contributed by atoms with Gasteiger partial charge in [0.05, 0.1) is 4.90 Å². The van der Waals surface area contributed by atoms with Gasteiger partial charge < -0.3 is 4.90 Å². The van der Waals surface area contributed by atoms with Gasteiger partial charge in [0.15, 0.2) is 0 Å². The molecule has 5 nitrogen and oxygen atoms in total. The van der Waals surface area contributed by atoms with Crippen molar-refractivity contribution in [3.8, 4) is 0 Å². The molecule has 1 aliphatic carbocycles. The Morgan fingerprint density at radius 2 is 1.73 bits per heavy atom. The summed E-state index contributed by atoms with van der Waals surface area (Å²) in [5, 5.41) is 0. The van der Waals surface area contributed by atoms with E-state index in [0.717, 1.165) is 32.1 Å². The number of nitrogens with zero attached hydrogens (tertiary/aromatic N) is 2. The lowest BCUT2D eigenvalue weighted by molar-refractivity contribution is 0.0735. The molecule has 0 aromatic heterocycles. The highest BCUT2D eigenvalue weighted by Gasteiger charge is 2.32. The summed E-state index contributed by atoms with van der Waals surface area (Å²) in [6, 6.07) is 6.82. The monoisotopic (exact) mass is 378 g/mol. The Morgan fingerprint density at radius 3 is 2.35 bits per heavy atom. The zero-order valence-corrected chi connectivity index (χ0v) is 16.8. The molecule has 1 aromatic rings. The fraction of sp³-hybridized carbons (Fsp3) is 0.650. The minimum absolute atomic E-state index is 0.0886. The number of hydrogen-bond donors (Lipinski definition) is 0. The number of piperidine rings is 1. The van der Waals surface area contributed by atoms with Crippen LogP contribution in [-0.2, 0) is 10.0 Å². The number of hydrogen-bond acceptors (Lipinski definition) is 3. The van der Waals surface area contributed by atoms with E-state index in [-0.39, 0.29) is 16.8 Å². The smallest absolute Gasteiger partial charge is 0.253 e. The second-order valence-corrected chi connectivity index (χ2v) is 10.1. The van der Waals surface area contributed by atoms with Crippen molar-refractivity contribution in [3.05, 3.63) is 29.8 Å². The predicted octanol–water partition coefficient (Wildman–Crippen LogP) is 3.37. The Labute approximate surface area is 157 Å². The average Bonchev–Trinajstić information content (AvgIpc) is 3.14. The first kappa shape index (κ1) is 19.4. The lowest BCUT2D eigenvalue weighted by Gasteiger charge is -2.34. The van der Waals surface area contributed by atoms with Crippen LogP contribution >= 0.6 is 0 Å². The largest absolute Gasteiger partial charge is 0.339 e. The third kappa shape index (κ3) is 3.96. The number of sulfonamides is 1. The maximum atomic E-state index is 13.1. The van der Waals surface area contributed by atoms with Gasteiger partial charge in [0.2, 0.25) is 10.0 Å². The lowest BCUT2D eigenvalue weighted by atomic mass is 9.94. The van der Waals surface area contributed by atoms with Gasteiger partial charge in [0.25, 0.3) is 5.91 Å². The number of carbonyl (C=O) groups is 1. The van der Waals surface area contributed by atoms with E-state index in [1.165, 1.54) is 0 Å². The van der Waals surface area contributed by atoms with E-state index in [2.05, 4.69) is 13.8 Å². The van der Waals surface area contributed by atoms with Gasteiger partial charge in [-0.05, 0) is 49.3 Å². The van der Waals surface area contributed by atoms with Crippen molar-refractivity contribution in [2.24, 2.45) is 11.8 Å². The molecule has 1 aromatic carbocycles. The summed E-state index contributed by atoms with van der Waals surface area (Å²) in [6.45, 7) is 5.28. The van der Waals surface area contributed by atoms with Crippen molar-refractivity contribution >= 4 is 15.9 Å². The van der Waals surface area contributed by atoms with Crippen LogP contribution in [0.2, 0.25) is 0 Å². The Kier molecular flexibility index (Phi) is 5.72. The summed E-state index contributed by atoms with van der Waals surface area (Å²) in [4.78, 5) is 14.8. The van der Waals surface area contributed by atoms with Crippen LogP contribution in [0.15, 0.2) is 29.2 Å². The second kappa shape index (κ2) is 7.69. The predicted molar refractivity (Wildman–Crippen MR) is 102 cm³/mol. The average molecular weight is 379 g/mol. The second-order valence-electron chi connectivity index (χ2n) is 8.15. The standard InChI is InChI=1S/C20H30N2O3S/c1-15-11-16(2)14-22(13-15)26(24,25)19-10-6-7-17(12-19)20(23)21(3)18-8-4-5-9-18/h6-7,10,12,15-16,18H,4-5,8-9,11,13-14H2,1-3H3/t15-,16-/m0/s1. The van der Waals surface area contributed by atoms with Gasteiger partial charge in [-0.1, -0.05) is 32.8 Å². The zero-order valence-electron chi connectivity index (χ0n) is 16.0. The first-order valence-corrected chi connectivity index (χ1v) is 11.1. The van der Waals surface area contributed by atoms with E-state index >= 15 is 0 Å². The first-order valence-electron chi connectivity index (χ1n) is 9.66. The van der Waals surface area contributed by atoms with Gasteiger partial charge >= 0.3 is 0 Å². The molecule has 3 rings (SSSR count). The van der Waals surface area contributed by atoms with Gasteiger partial charge in [-0.2, -0.15) is 4.31 Å². The molecule has 0 N–H and O–H groups in total. The van der Waals surface area contributed by atoms with Crippen LogP contribution < -0.4 is 0 Å². The highest BCUT2D eigenvalue weighted by molar-refractivity contribution is 7.89. The van der Waals surface area contributed by atoms with Crippen LogP contribution in [0.1, 0.15) is 56.3 Å². The van der Waals surface area contributed by atoms with E-state index in [1.807, 2.05) is 7.05 Å². The van der Waals surface area contributed by atoms with E-state index < -0.39 is 10.0 Å². The van der Waals surface area contributed by atoms with Gasteiger partial charge in [0.1, 0.15) is 0 Å². The van der Waals surface area contributed by atoms with Crippen molar-refractivity contribution in [1.82, 2.24) is 9.21 Å². The molecule has 144 valence electrons. The first-order chi connectivity index (χ1) is 12.3. The molecule has 0 bridgehead atoms. The molecule has 6 heteroatoms. The van der Waals surface area contributed by atoms with Crippen molar-refractivity contribution in [1.29, 1.82) is 0 Å². The van der Waals surface area contributed by atoms with Gasteiger partial charge in [-0.3, -0.25) is 4.79 Å². The lowest BCUT2D eigenvalue weighted by Crippen LogP contribution is -2.42. The highest BCUT2D eigenvalue weighted by Crippen LogP contribution is 2.28. The molecule has 1 saturated heterocycles. The molecule has 2 aliphatic rings. The molecule has 0 unspecified atom stereocenters. The minimum atomic E-state index is -3.57. The van der Waals surface area contributed by atoms with Crippen LogP contribution in [0.5, 0.6) is 0 Å². The number of benzene rings is 1. The van der Waals surface area contributed by atoms with Gasteiger partial charge in [0, 0.05) is 31.7 Å². The normalized spacial score (nSPS) is 25.3. The van der Waals surface area contributed by atoms with Gasteiger partial charge in [-0.15, -0.1) is 0 Å². The molecule has 1 aliphatic heterocycles. The van der Waals surface area contributed by atoms with Crippen LogP contribution in [0, 0.1) is 11.8 Å². The summed E-state index contributed by atoms with van der Waals surface area (Å²) < 4.78 is 27.7. The summed E-state index contributed by atoms with van der Waals surface area (Å²) in [7, 11) is -1.74. The van der Waals surface area contributed by atoms with E-state index in [1.54, 1.807) is 33.5 Å². The van der Waals surface area contributed by atoms with Crippen molar-refractivity contribution < 1.29 is 13.2 Å². The molecule has 2 atom stereocenters. The number of carbonyl (C=O) groups excluding carboxylic acids is 1. The Hall–Kier alpha value is -1.40. The zero-order chi connectivity index (χ0) is 18.9. The topological polar surface area (TPSA) is 57.7 Å². The Morgan fingerprint density at radius 1 is 1.12 bits per heavy atom. The molecule has 26 heavy (non-hydrogen) atoms. The molecular weight excluding hydrogens is 348 g/mol. The number of rotatable bonds is 4. The summed E-state index contributed by atoms with van der Waals surface area (Å²) in [5.74, 6) is 0.619. The minimum Gasteiger partial charge on any atom is -0.339 e. The molecule has 1 saturated carbocycles. The molecule has 0 radical (unpaired) electrons. The van der Waals surface area contributed by atoms with Crippen LogP contribution in [0.25, 0.3) is 0 Å². The third-order valence-corrected chi connectivity index (χ3v) is 7.57. The van der Waals surface area contributed by atoms with E-state index in [0.29, 0.717) is 30.5 Å². The quantitative estimate of drug-likeness (QED) is 0.807. The van der Waals surface area contributed by atoms with Crippen molar-refractivity contribution in [2.45, 2.75) is 56.9 Å². The Bertz CT molecular complexity index is 746.